The van der Waals surface area contributed by atoms with Crippen LogP contribution in [-0.2, 0) is 9.53 Å². The fourth-order valence-corrected chi connectivity index (χ4v) is 2.13. The van der Waals surface area contributed by atoms with Crippen molar-refractivity contribution in [2.45, 2.75) is 6.92 Å². The third-order valence-electron chi connectivity index (χ3n) is 3.34. The van der Waals surface area contributed by atoms with Crippen LogP contribution in [0.15, 0.2) is 48.5 Å². The van der Waals surface area contributed by atoms with Gasteiger partial charge in [0.05, 0.1) is 11.5 Å². The van der Waals surface area contributed by atoms with E-state index in [-0.39, 0.29) is 24.4 Å². The van der Waals surface area contributed by atoms with Gasteiger partial charge in [-0.1, -0.05) is 24.3 Å². The first-order valence-corrected chi connectivity index (χ1v) is 7.84. The van der Waals surface area contributed by atoms with Crippen molar-refractivity contribution in [2.75, 3.05) is 19.8 Å². The molecule has 1 N–H and O–H groups in total. The average Bonchev–Trinajstić information content (AvgIpc) is 2.63. The van der Waals surface area contributed by atoms with E-state index in [9.17, 15) is 19.7 Å². The van der Waals surface area contributed by atoms with Crippen LogP contribution in [-0.4, -0.2) is 36.6 Å². The zero-order valence-electron chi connectivity index (χ0n) is 14.1. The van der Waals surface area contributed by atoms with Gasteiger partial charge >= 0.3 is 5.97 Å². The van der Waals surface area contributed by atoms with E-state index in [0.29, 0.717) is 5.75 Å². The number of nitrogens with one attached hydrogen (secondary N) is 1. The monoisotopic (exact) mass is 358 g/mol. The molecule has 0 heterocycles. The molecule has 0 radical (unpaired) electrons. The number of amides is 1. The molecule has 136 valence electrons. The van der Waals surface area contributed by atoms with Crippen molar-refractivity contribution in [3.05, 3.63) is 69.8 Å². The number of carbonyl (C=O) groups is 2. The highest BCUT2D eigenvalue weighted by atomic mass is 16.6. The fourth-order valence-electron chi connectivity index (χ4n) is 2.13. The maximum atomic E-state index is 11.9. The van der Waals surface area contributed by atoms with Gasteiger partial charge in [0.15, 0.2) is 6.61 Å². The largest absolute Gasteiger partial charge is 0.492 e. The molecule has 8 nitrogen and oxygen atoms in total. The number of carbonyl (C=O) groups excluding carboxylic acids is 2. The number of nitro groups is 1. The van der Waals surface area contributed by atoms with Crippen LogP contribution in [0, 0.1) is 17.0 Å². The lowest BCUT2D eigenvalue weighted by Gasteiger charge is -2.09. The molecule has 26 heavy (non-hydrogen) atoms. The van der Waals surface area contributed by atoms with Crippen LogP contribution >= 0.6 is 0 Å². The Kier molecular flexibility index (Phi) is 6.67. The van der Waals surface area contributed by atoms with Crippen molar-refractivity contribution in [2.24, 2.45) is 0 Å². The van der Waals surface area contributed by atoms with Gasteiger partial charge in [0.25, 0.3) is 11.6 Å². The number of aryl methyl sites for hydroxylation is 1. The first-order chi connectivity index (χ1) is 12.5. The Bertz CT molecular complexity index is 806. The van der Waals surface area contributed by atoms with E-state index in [1.807, 2.05) is 31.2 Å². The highest BCUT2D eigenvalue weighted by Crippen LogP contribution is 2.18. The second kappa shape index (κ2) is 9.16. The van der Waals surface area contributed by atoms with Crippen LogP contribution in [0.25, 0.3) is 0 Å². The summed E-state index contributed by atoms with van der Waals surface area (Å²) in [4.78, 5) is 33.8. The van der Waals surface area contributed by atoms with Gasteiger partial charge in [0.2, 0.25) is 0 Å². The lowest BCUT2D eigenvalue weighted by atomic mass is 10.2. The SMILES string of the molecule is Cc1cccc(OCCNC(=O)COC(=O)c2ccccc2[N+](=O)[O-])c1. The molecule has 0 saturated heterocycles. The molecule has 0 aliphatic rings. The number of benzene rings is 2. The van der Waals surface area contributed by atoms with Crippen molar-refractivity contribution in [3.8, 4) is 5.75 Å². The van der Waals surface area contributed by atoms with E-state index in [0.717, 1.165) is 5.56 Å². The van der Waals surface area contributed by atoms with Crippen molar-refractivity contribution < 1.29 is 24.0 Å². The van der Waals surface area contributed by atoms with Gasteiger partial charge in [0, 0.05) is 6.07 Å². The maximum Gasteiger partial charge on any atom is 0.345 e. The standard InChI is InChI=1S/C18H18N2O6/c1-13-5-4-6-14(11-13)25-10-9-19-17(21)12-26-18(22)15-7-2-3-8-16(15)20(23)24/h2-8,11H,9-10,12H2,1H3,(H,19,21). The summed E-state index contributed by atoms with van der Waals surface area (Å²) in [6.45, 7) is 1.90. The smallest absolute Gasteiger partial charge is 0.345 e. The zero-order valence-corrected chi connectivity index (χ0v) is 14.1. The molecule has 1 amide bonds. The Morgan fingerprint density at radius 3 is 2.65 bits per heavy atom. The fraction of sp³-hybridized carbons (Fsp3) is 0.222. The van der Waals surface area contributed by atoms with E-state index >= 15 is 0 Å². The number of esters is 1. The van der Waals surface area contributed by atoms with E-state index in [1.165, 1.54) is 24.3 Å². The first-order valence-electron chi connectivity index (χ1n) is 7.84. The van der Waals surface area contributed by atoms with E-state index in [1.54, 1.807) is 0 Å². The molecule has 0 saturated carbocycles. The van der Waals surface area contributed by atoms with Gasteiger partial charge in [0.1, 0.15) is 17.9 Å². The van der Waals surface area contributed by atoms with Crippen LogP contribution in [0.2, 0.25) is 0 Å². The molecule has 0 fully saturated rings. The predicted molar refractivity (Wildman–Crippen MR) is 93.1 cm³/mol. The van der Waals surface area contributed by atoms with E-state index in [4.69, 9.17) is 9.47 Å². The van der Waals surface area contributed by atoms with Gasteiger partial charge in [-0.05, 0) is 30.7 Å². The van der Waals surface area contributed by atoms with Gasteiger partial charge in [-0.3, -0.25) is 14.9 Å². The van der Waals surface area contributed by atoms with Crippen molar-refractivity contribution in [3.63, 3.8) is 0 Å². The number of nitro benzene ring substituents is 1. The summed E-state index contributed by atoms with van der Waals surface area (Å²) in [5.74, 6) is -0.754. The molecule has 2 rings (SSSR count). The third kappa shape index (κ3) is 5.59. The highest BCUT2D eigenvalue weighted by Gasteiger charge is 2.21. The molecule has 0 aromatic heterocycles. The highest BCUT2D eigenvalue weighted by molar-refractivity contribution is 5.95. The van der Waals surface area contributed by atoms with Crippen LogP contribution in [0.5, 0.6) is 5.75 Å². The number of rotatable bonds is 8. The minimum atomic E-state index is -0.927. The normalized spacial score (nSPS) is 10.0. The molecule has 2 aromatic rings. The Labute approximate surface area is 149 Å². The topological polar surface area (TPSA) is 108 Å². The van der Waals surface area contributed by atoms with Crippen molar-refractivity contribution in [1.82, 2.24) is 5.32 Å². The molecule has 0 aliphatic heterocycles. The Morgan fingerprint density at radius 2 is 1.92 bits per heavy atom. The number of para-hydroxylation sites is 1. The van der Waals surface area contributed by atoms with Crippen LogP contribution in [0.4, 0.5) is 5.69 Å². The summed E-state index contributed by atoms with van der Waals surface area (Å²) < 4.78 is 10.3. The molecule has 0 unspecified atom stereocenters. The van der Waals surface area contributed by atoms with Crippen molar-refractivity contribution in [1.29, 1.82) is 0 Å². The van der Waals surface area contributed by atoms with Gasteiger partial charge in [-0.25, -0.2) is 4.79 Å². The number of hydrogen-bond acceptors (Lipinski definition) is 6. The van der Waals surface area contributed by atoms with Crippen molar-refractivity contribution >= 4 is 17.6 Å². The summed E-state index contributed by atoms with van der Waals surface area (Å²) in [6, 6.07) is 12.9. The molecule has 0 bridgehead atoms. The van der Waals surface area contributed by atoms with Gasteiger partial charge in [-0.2, -0.15) is 0 Å². The lowest BCUT2D eigenvalue weighted by molar-refractivity contribution is -0.385. The third-order valence-corrected chi connectivity index (χ3v) is 3.34. The maximum absolute atomic E-state index is 11.9. The Hall–Kier alpha value is -3.42. The number of ether oxygens (including phenoxy) is 2. The summed E-state index contributed by atoms with van der Waals surface area (Å²) in [5.41, 5.74) is 0.492. The molecule has 0 aliphatic carbocycles. The van der Waals surface area contributed by atoms with E-state index in [2.05, 4.69) is 5.32 Å². The van der Waals surface area contributed by atoms with Crippen LogP contribution in [0.3, 0.4) is 0 Å². The number of hydrogen-bond donors (Lipinski definition) is 1. The quantitative estimate of drug-likeness (QED) is 0.336. The first kappa shape index (κ1) is 18.9. The molecule has 0 spiro atoms. The average molecular weight is 358 g/mol. The Morgan fingerprint density at radius 1 is 1.15 bits per heavy atom. The van der Waals surface area contributed by atoms with Crippen LogP contribution < -0.4 is 10.1 Å². The summed E-state index contributed by atoms with van der Waals surface area (Å²) in [5, 5.41) is 13.4. The predicted octanol–water partition coefficient (Wildman–Crippen LogP) is 2.26. The second-order valence-electron chi connectivity index (χ2n) is 5.37. The number of nitrogens with zero attached hydrogens (tertiary/aromatic N) is 1. The molecular formula is C18H18N2O6. The minimum Gasteiger partial charge on any atom is -0.492 e. The van der Waals surface area contributed by atoms with Crippen LogP contribution in [0.1, 0.15) is 15.9 Å². The molecule has 0 atom stereocenters. The summed E-state index contributed by atoms with van der Waals surface area (Å²) in [6.07, 6.45) is 0. The summed E-state index contributed by atoms with van der Waals surface area (Å²) >= 11 is 0. The van der Waals surface area contributed by atoms with Gasteiger partial charge < -0.3 is 14.8 Å². The second-order valence-corrected chi connectivity index (χ2v) is 5.37. The Balaban J connectivity index is 1.73. The molecule has 2 aromatic carbocycles. The lowest BCUT2D eigenvalue weighted by Crippen LogP contribution is -2.32. The molecular weight excluding hydrogens is 340 g/mol. The molecule has 8 heteroatoms. The minimum absolute atomic E-state index is 0.201. The zero-order chi connectivity index (χ0) is 18.9. The van der Waals surface area contributed by atoms with Gasteiger partial charge in [-0.15, -0.1) is 0 Å². The summed E-state index contributed by atoms with van der Waals surface area (Å²) in [7, 11) is 0. The van der Waals surface area contributed by atoms with E-state index < -0.39 is 23.4 Å².